The molecule has 0 aliphatic carbocycles. The number of nitrogens with one attached hydrogen (secondary N) is 2. The molecule has 34 heavy (non-hydrogen) atoms. The van der Waals surface area contributed by atoms with Crippen molar-refractivity contribution in [1.29, 1.82) is 0 Å². The number of amides is 2. The number of alkyl halides is 2. The standard InChI is InChI=1S/C24H26ClF2N5O2/c1-13-8-9-15(11-17(13)25)18-14(2)29-19(30-18)20(31-21(33)16-7-6-10-28-12-16)32(23(26)27)22(34)24(3,4)5/h6-12,20,23H,1-5H3,(H,29,30)(H,31,33). The van der Waals surface area contributed by atoms with Crippen molar-refractivity contribution >= 4 is 23.4 Å². The lowest BCUT2D eigenvalue weighted by atomic mass is 9.94. The third-order valence-corrected chi connectivity index (χ3v) is 5.57. The van der Waals surface area contributed by atoms with E-state index in [1.807, 2.05) is 19.1 Å². The molecule has 180 valence electrons. The number of aromatic amines is 1. The Morgan fingerprint density at radius 2 is 1.88 bits per heavy atom. The van der Waals surface area contributed by atoms with Crippen LogP contribution in [-0.2, 0) is 4.79 Å². The Labute approximate surface area is 201 Å². The first-order valence-corrected chi connectivity index (χ1v) is 10.9. The van der Waals surface area contributed by atoms with Gasteiger partial charge in [-0.2, -0.15) is 8.78 Å². The van der Waals surface area contributed by atoms with E-state index in [-0.39, 0.29) is 11.4 Å². The summed E-state index contributed by atoms with van der Waals surface area (Å²) in [5.74, 6) is -1.55. The quantitative estimate of drug-likeness (QED) is 0.364. The van der Waals surface area contributed by atoms with Gasteiger partial charge >= 0.3 is 6.55 Å². The first-order valence-electron chi connectivity index (χ1n) is 10.5. The van der Waals surface area contributed by atoms with Crippen molar-refractivity contribution in [1.82, 2.24) is 25.2 Å². The first-order chi connectivity index (χ1) is 15.9. The number of carbonyl (C=O) groups is 2. The lowest BCUT2D eigenvalue weighted by Gasteiger charge is -2.34. The first kappa shape index (κ1) is 25.3. The Balaban J connectivity index is 2.10. The second kappa shape index (κ2) is 9.89. The molecule has 0 fully saturated rings. The minimum atomic E-state index is -3.20. The van der Waals surface area contributed by atoms with E-state index >= 15 is 0 Å². The minimum Gasteiger partial charge on any atom is -0.342 e. The summed E-state index contributed by atoms with van der Waals surface area (Å²) >= 11 is 6.25. The summed E-state index contributed by atoms with van der Waals surface area (Å²) in [6.07, 6.45) is 1.23. The Morgan fingerprint density at radius 3 is 2.44 bits per heavy atom. The maximum Gasteiger partial charge on any atom is 0.319 e. The van der Waals surface area contributed by atoms with Crippen LogP contribution in [0.4, 0.5) is 8.78 Å². The predicted octanol–water partition coefficient (Wildman–Crippen LogP) is 5.27. The van der Waals surface area contributed by atoms with Gasteiger partial charge in [0.05, 0.1) is 11.3 Å². The number of nitrogens with zero attached hydrogens (tertiary/aromatic N) is 3. The van der Waals surface area contributed by atoms with Crippen molar-refractivity contribution in [2.24, 2.45) is 5.41 Å². The van der Waals surface area contributed by atoms with E-state index in [9.17, 15) is 18.4 Å². The highest BCUT2D eigenvalue weighted by Crippen LogP contribution is 2.31. The van der Waals surface area contributed by atoms with E-state index in [1.165, 1.54) is 39.2 Å². The van der Waals surface area contributed by atoms with Crippen LogP contribution in [0, 0.1) is 19.3 Å². The van der Waals surface area contributed by atoms with Gasteiger partial charge in [0.15, 0.2) is 12.0 Å². The van der Waals surface area contributed by atoms with E-state index < -0.39 is 29.9 Å². The number of halogens is 3. The van der Waals surface area contributed by atoms with Gasteiger partial charge in [-0.3, -0.25) is 19.5 Å². The van der Waals surface area contributed by atoms with Crippen LogP contribution in [0.5, 0.6) is 0 Å². The molecule has 3 aromatic rings. The average molecular weight is 490 g/mol. The number of benzene rings is 1. The molecule has 0 bridgehead atoms. The number of H-pyrrole nitrogens is 1. The number of hydrogen-bond acceptors (Lipinski definition) is 4. The van der Waals surface area contributed by atoms with Crippen molar-refractivity contribution in [3.8, 4) is 11.3 Å². The molecule has 0 aliphatic heterocycles. The van der Waals surface area contributed by atoms with E-state index in [4.69, 9.17) is 11.6 Å². The van der Waals surface area contributed by atoms with Crippen LogP contribution in [0.25, 0.3) is 11.3 Å². The van der Waals surface area contributed by atoms with Crippen LogP contribution >= 0.6 is 11.6 Å². The fourth-order valence-corrected chi connectivity index (χ4v) is 3.49. The fourth-order valence-electron chi connectivity index (χ4n) is 3.31. The molecule has 0 aliphatic rings. The zero-order valence-electron chi connectivity index (χ0n) is 19.5. The second-order valence-electron chi connectivity index (χ2n) is 8.92. The summed E-state index contributed by atoms with van der Waals surface area (Å²) in [6, 6.07) is 8.39. The Kier molecular flexibility index (Phi) is 7.35. The molecule has 0 saturated carbocycles. The average Bonchev–Trinajstić information content (AvgIpc) is 3.16. The van der Waals surface area contributed by atoms with Gasteiger partial charge in [-0.05, 0) is 37.6 Å². The Hall–Kier alpha value is -3.33. The lowest BCUT2D eigenvalue weighted by molar-refractivity contribution is -0.160. The van der Waals surface area contributed by atoms with E-state index in [0.717, 1.165) is 5.56 Å². The smallest absolute Gasteiger partial charge is 0.319 e. The molecule has 1 unspecified atom stereocenters. The number of aromatic nitrogens is 3. The number of pyridine rings is 1. The van der Waals surface area contributed by atoms with Gasteiger partial charge in [-0.1, -0.05) is 44.5 Å². The SMILES string of the molecule is Cc1ccc(-c2nc(C(NC(=O)c3cccnc3)N(C(=O)C(C)(C)C)C(F)F)[nH]c2C)cc1Cl. The highest BCUT2D eigenvalue weighted by atomic mass is 35.5. The number of imidazole rings is 1. The zero-order valence-corrected chi connectivity index (χ0v) is 20.2. The van der Waals surface area contributed by atoms with Crippen molar-refractivity contribution < 1.29 is 18.4 Å². The molecule has 2 amide bonds. The van der Waals surface area contributed by atoms with Gasteiger partial charge in [0.25, 0.3) is 5.91 Å². The topological polar surface area (TPSA) is 91.0 Å². The molecule has 0 spiro atoms. The maximum absolute atomic E-state index is 14.3. The molecule has 3 rings (SSSR count). The van der Waals surface area contributed by atoms with Crippen LogP contribution in [0.15, 0.2) is 42.7 Å². The van der Waals surface area contributed by atoms with Crippen LogP contribution in [0.3, 0.4) is 0 Å². The predicted molar refractivity (Wildman–Crippen MR) is 125 cm³/mol. The summed E-state index contributed by atoms with van der Waals surface area (Å²) in [5.41, 5.74) is 1.59. The molecule has 1 aromatic carbocycles. The van der Waals surface area contributed by atoms with Gasteiger partial charge < -0.3 is 10.3 Å². The van der Waals surface area contributed by atoms with Crippen molar-refractivity contribution in [3.63, 3.8) is 0 Å². The molecule has 2 aromatic heterocycles. The second-order valence-corrected chi connectivity index (χ2v) is 9.32. The van der Waals surface area contributed by atoms with Crippen LogP contribution < -0.4 is 5.32 Å². The molecule has 2 N–H and O–H groups in total. The van der Waals surface area contributed by atoms with E-state index in [1.54, 1.807) is 19.1 Å². The molecule has 7 nitrogen and oxygen atoms in total. The number of aryl methyl sites for hydroxylation is 2. The van der Waals surface area contributed by atoms with E-state index in [0.29, 0.717) is 26.9 Å². The maximum atomic E-state index is 14.3. The van der Waals surface area contributed by atoms with Crippen molar-refractivity contribution in [2.75, 3.05) is 0 Å². The molecule has 0 radical (unpaired) electrons. The van der Waals surface area contributed by atoms with Crippen LogP contribution in [0.1, 0.15) is 54.4 Å². The summed E-state index contributed by atoms with van der Waals surface area (Å²) in [6.45, 7) is 4.96. The van der Waals surface area contributed by atoms with Gasteiger partial charge in [-0.15, -0.1) is 0 Å². The molecule has 1 atom stereocenters. The van der Waals surface area contributed by atoms with Crippen molar-refractivity contribution in [2.45, 2.75) is 47.3 Å². The third kappa shape index (κ3) is 5.41. The number of rotatable bonds is 6. The van der Waals surface area contributed by atoms with Gasteiger partial charge in [0, 0.05) is 34.1 Å². The summed E-state index contributed by atoms with van der Waals surface area (Å²) in [4.78, 5) is 37.6. The summed E-state index contributed by atoms with van der Waals surface area (Å²) in [5, 5.41) is 3.05. The van der Waals surface area contributed by atoms with Crippen LogP contribution in [-0.4, -0.2) is 38.2 Å². The lowest BCUT2D eigenvalue weighted by Crippen LogP contribution is -2.51. The highest BCUT2D eigenvalue weighted by Gasteiger charge is 2.40. The monoisotopic (exact) mass is 489 g/mol. The molecular weight excluding hydrogens is 464 g/mol. The Morgan fingerprint density at radius 1 is 1.18 bits per heavy atom. The molecule has 0 saturated heterocycles. The van der Waals surface area contributed by atoms with Gasteiger partial charge in [-0.25, -0.2) is 4.98 Å². The summed E-state index contributed by atoms with van der Waals surface area (Å²) in [7, 11) is 0. The van der Waals surface area contributed by atoms with E-state index in [2.05, 4.69) is 20.3 Å². The molecule has 2 heterocycles. The molecular formula is C24H26ClF2N5O2. The normalized spacial score (nSPS) is 12.5. The van der Waals surface area contributed by atoms with Crippen LogP contribution in [0.2, 0.25) is 5.02 Å². The molecule has 10 heteroatoms. The Bertz CT molecular complexity index is 1190. The largest absolute Gasteiger partial charge is 0.342 e. The number of carbonyl (C=O) groups excluding carboxylic acids is 2. The van der Waals surface area contributed by atoms with Crippen molar-refractivity contribution in [3.05, 3.63) is 70.4 Å². The fraction of sp³-hybridized carbons (Fsp3) is 0.333. The highest BCUT2D eigenvalue weighted by molar-refractivity contribution is 6.31. The number of hydrogen-bond donors (Lipinski definition) is 2. The van der Waals surface area contributed by atoms with Gasteiger partial charge in [0.1, 0.15) is 0 Å². The zero-order chi connectivity index (χ0) is 25.2. The van der Waals surface area contributed by atoms with Gasteiger partial charge in [0.2, 0.25) is 5.91 Å². The summed E-state index contributed by atoms with van der Waals surface area (Å²) < 4.78 is 28.6. The minimum absolute atomic E-state index is 0.0145. The third-order valence-electron chi connectivity index (χ3n) is 5.16.